The van der Waals surface area contributed by atoms with E-state index in [4.69, 9.17) is 28.4 Å². The summed E-state index contributed by atoms with van der Waals surface area (Å²) >= 11 is 0. The van der Waals surface area contributed by atoms with Crippen molar-refractivity contribution in [2.45, 2.75) is 77.3 Å². The number of carbonyl (C=O) groups excluding carboxylic acids is 7. The van der Waals surface area contributed by atoms with Gasteiger partial charge in [0.05, 0.1) is 23.6 Å². The van der Waals surface area contributed by atoms with Crippen molar-refractivity contribution in [3.63, 3.8) is 0 Å². The second-order valence-electron chi connectivity index (χ2n) is 10.2. The Kier molecular flexibility index (Phi) is 9.36. The average molecular weight is 590 g/mol. The monoisotopic (exact) mass is 589 g/mol. The zero-order valence-corrected chi connectivity index (χ0v) is 23.4. The molecule has 1 aromatic carbocycles. The molecular weight excluding hydrogens is 558 g/mol. The van der Waals surface area contributed by atoms with Gasteiger partial charge in [-0.3, -0.25) is 33.6 Å². The molecule has 1 aromatic rings. The van der Waals surface area contributed by atoms with Gasteiger partial charge in [-0.1, -0.05) is 18.2 Å². The highest BCUT2D eigenvalue weighted by atomic mass is 16.7. The Bertz CT molecular complexity index is 1260. The standard InChI is InChI=1S/C28H31NO13/c1-13(30)37-12-21-23(38-14(2)31)24(39-15(3)32)25(40-16(4)33)28(42-21)41-20-11-18(34)10-19-22(20)27(36)29(26(19)35)17-8-6-5-7-9-17/h5-9,19-25,28H,10-12H2,1-4H3. The van der Waals surface area contributed by atoms with Gasteiger partial charge in [-0.25, -0.2) is 4.90 Å². The van der Waals surface area contributed by atoms with Crippen LogP contribution in [0.3, 0.4) is 0 Å². The average Bonchev–Trinajstić information content (AvgIpc) is 3.15. The van der Waals surface area contributed by atoms with Crippen LogP contribution in [0.5, 0.6) is 0 Å². The molecule has 1 aliphatic carbocycles. The van der Waals surface area contributed by atoms with E-state index in [2.05, 4.69) is 0 Å². The molecule has 2 aliphatic heterocycles. The smallest absolute Gasteiger partial charge is 0.303 e. The van der Waals surface area contributed by atoms with Gasteiger partial charge in [-0.15, -0.1) is 0 Å². The van der Waals surface area contributed by atoms with Gasteiger partial charge in [0, 0.05) is 40.5 Å². The summed E-state index contributed by atoms with van der Waals surface area (Å²) in [5, 5.41) is 0. The molecule has 0 spiro atoms. The highest BCUT2D eigenvalue weighted by Gasteiger charge is 2.58. The third kappa shape index (κ3) is 6.65. The first-order chi connectivity index (χ1) is 19.9. The van der Waals surface area contributed by atoms with Crippen molar-refractivity contribution in [3.8, 4) is 0 Å². The SMILES string of the molecule is CC(=O)OCC1OC(OC2CC(=O)CC3C(=O)N(c4ccccc4)C(=O)C23)C(OC(C)=O)C(OC(C)=O)C1OC(C)=O. The van der Waals surface area contributed by atoms with E-state index in [0.717, 1.165) is 32.6 Å². The van der Waals surface area contributed by atoms with Crippen LogP contribution in [-0.4, -0.2) is 84.9 Å². The lowest BCUT2D eigenvalue weighted by Crippen LogP contribution is -2.63. The van der Waals surface area contributed by atoms with Crippen LogP contribution in [0.4, 0.5) is 5.69 Å². The molecule has 42 heavy (non-hydrogen) atoms. The Balaban J connectivity index is 1.70. The fraction of sp³-hybridized carbons (Fsp3) is 0.536. The highest BCUT2D eigenvalue weighted by Crippen LogP contribution is 2.42. The number of amides is 2. The van der Waals surface area contributed by atoms with Gasteiger partial charge in [0.1, 0.15) is 18.5 Å². The summed E-state index contributed by atoms with van der Waals surface area (Å²) in [6.45, 7) is 3.90. The lowest BCUT2D eigenvalue weighted by atomic mass is 9.78. The molecule has 2 heterocycles. The molecule has 4 rings (SSSR count). The largest absolute Gasteiger partial charge is 0.463 e. The predicted molar refractivity (Wildman–Crippen MR) is 137 cm³/mol. The van der Waals surface area contributed by atoms with E-state index >= 15 is 0 Å². The summed E-state index contributed by atoms with van der Waals surface area (Å²) in [5.74, 6) is -6.73. The van der Waals surface area contributed by atoms with E-state index in [9.17, 15) is 33.6 Å². The van der Waals surface area contributed by atoms with E-state index in [1.54, 1.807) is 30.3 Å². The molecular formula is C28H31NO13. The molecule has 14 heteroatoms. The van der Waals surface area contributed by atoms with Gasteiger partial charge in [-0.2, -0.15) is 0 Å². The molecule has 0 N–H and O–H groups in total. The number of anilines is 1. The molecule has 0 bridgehead atoms. The van der Waals surface area contributed by atoms with Crippen molar-refractivity contribution >= 4 is 47.2 Å². The second-order valence-corrected chi connectivity index (χ2v) is 10.2. The maximum Gasteiger partial charge on any atom is 0.303 e. The van der Waals surface area contributed by atoms with E-state index in [1.165, 1.54) is 0 Å². The number of ether oxygens (including phenoxy) is 6. The summed E-state index contributed by atoms with van der Waals surface area (Å²) in [5.41, 5.74) is 0.334. The minimum atomic E-state index is -1.60. The first-order valence-electron chi connectivity index (χ1n) is 13.3. The Morgan fingerprint density at radius 1 is 0.786 bits per heavy atom. The van der Waals surface area contributed by atoms with Crippen LogP contribution >= 0.6 is 0 Å². The van der Waals surface area contributed by atoms with Crippen LogP contribution in [0.25, 0.3) is 0 Å². The first-order valence-corrected chi connectivity index (χ1v) is 13.3. The number of nitrogens with zero attached hydrogens (tertiary/aromatic N) is 1. The van der Waals surface area contributed by atoms with Crippen molar-refractivity contribution < 1.29 is 62.0 Å². The number of rotatable bonds is 8. The molecule has 2 amide bonds. The van der Waals surface area contributed by atoms with Gasteiger partial charge in [0.15, 0.2) is 24.6 Å². The van der Waals surface area contributed by atoms with Crippen molar-refractivity contribution in [2.75, 3.05) is 11.5 Å². The van der Waals surface area contributed by atoms with Gasteiger partial charge in [0.25, 0.3) is 0 Å². The minimum Gasteiger partial charge on any atom is -0.463 e. The van der Waals surface area contributed by atoms with Crippen LogP contribution < -0.4 is 4.90 Å². The number of hydrogen-bond acceptors (Lipinski definition) is 13. The number of Topliss-reactive ketones (excluding diaryl/α,β-unsaturated/α-hetero) is 1. The van der Waals surface area contributed by atoms with E-state index in [0.29, 0.717) is 5.69 Å². The van der Waals surface area contributed by atoms with Gasteiger partial charge in [0.2, 0.25) is 11.8 Å². The van der Waals surface area contributed by atoms with Gasteiger partial charge >= 0.3 is 23.9 Å². The van der Waals surface area contributed by atoms with E-state index < -0.39 is 90.9 Å². The van der Waals surface area contributed by atoms with Crippen LogP contribution in [0.1, 0.15) is 40.5 Å². The lowest BCUT2D eigenvalue weighted by Gasteiger charge is -2.45. The maximum absolute atomic E-state index is 13.6. The van der Waals surface area contributed by atoms with Gasteiger partial charge in [-0.05, 0) is 12.1 Å². The first kappa shape index (κ1) is 30.8. The molecule has 0 radical (unpaired) electrons. The molecule has 8 unspecified atom stereocenters. The van der Waals surface area contributed by atoms with Crippen LogP contribution in [-0.2, 0) is 62.0 Å². The third-order valence-electron chi connectivity index (χ3n) is 7.03. The number of ketones is 1. The summed E-state index contributed by atoms with van der Waals surface area (Å²) in [4.78, 5) is 88.4. The summed E-state index contributed by atoms with van der Waals surface area (Å²) in [6, 6.07) is 8.22. The molecule has 2 saturated heterocycles. The maximum atomic E-state index is 13.6. The van der Waals surface area contributed by atoms with E-state index in [1.807, 2.05) is 0 Å². The molecule has 14 nitrogen and oxygen atoms in total. The topological polar surface area (TPSA) is 178 Å². The molecule has 3 aliphatic rings. The molecule has 0 aromatic heterocycles. The molecule has 3 fully saturated rings. The van der Waals surface area contributed by atoms with Crippen molar-refractivity contribution in [1.82, 2.24) is 0 Å². The molecule has 1 saturated carbocycles. The number of esters is 4. The Morgan fingerprint density at radius 2 is 1.38 bits per heavy atom. The Hall–Kier alpha value is -4.17. The van der Waals surface area contributed by atoms with Crippen LogP contribution in [0.2, 0.25) is 0 Å². The predicted octanol–water partition coefficient (Wildman–Crippen LogP) is 0.623. The molecule has 8 atom stereocenters. The second kappa shape index (κ2) is 12.8. The van der Waals surface area contributed by atoms with Crippen molar-refractivity contribution in [3.05, 3.63) is 30.3 Å². The normalized spacial score (nSPS) is 30.8. The summed E-state index contributed by atoms with van der Waals surface area (Å²) in [7, 11) is 0. The fourth-order valence-corrected chi connectivity index (χ4v) is 5.50. The Morgan fingerprint density at radius 3 is 1.98 bits per heavy atom. The highest BCUT2D eigenvalue weighted by molar-refractivity contribution is 6.23. The van der Waals surface area contributed by atoms with Crippen LogP contribution in [0.15, 0.2) is 30.3 Å². The van der Waals surface area contributed by atoms with Gasteiger partial charge < -0.3 is 28.4 Å². The van der Waals surface area contributed by atoms with E-state index in [-0.39, 0.29) is 18.6 Å². The number of carbonyl (C=O) groups is 7. The quantitative estimate of drug-likeness (QED) is 0.234. The third-order valence-corrected chi connectivity index (χ3v) is 7.03. The number of fused-ring (bicyclic) bond motifs is 1. The zero-order valence-electron chi connectivity index (χ0n) is 23.4. The molecule has 226 valence electrons. The summed E-state index contributed by atoms with van der Waals surface area (Å²) < 4.78 is 33.3. The fourth-order valence-electron chi connectivity index (χ4n) is 5.50. The number of benzene rings is 1. The van der Waals surface area contributed by atoms with Crippen molar-refractivity contribution in [2.24, 2.45) is 11.8 Å². The minimum absolute atomic E-state index is 0.170. The van der Waals surface area contributed by atoms with Crippen molar-refractivity contribution in [1.29, 1.82) is 0 Å². The number of para-hydroxylation sites is 1. The Labute approximate surface area is 240 Å². The lowest BCUT2D eigenvalue weighted by molar-refractivity contribution is -0.320. The number of hydrogen-bond donors (Lipinski definition) is 0. The number of imide groups is 1. The summed E-state index contributed by atoms with van der Waals surface area (Å²) in [6.07, 6.45) is -8.97. The zero-order chi connectivity index (χ0) is 30.7. The van der Waals surface area contributed by atoms with Crippen LogP contribution in [0, 0.1) is 11.8 Å².